The Hall–Kier alpha value is -2.48. The van der Waals surface area contributed by atoms with Crippen LogP contribution < -0.4 is 14.8 Å². The number of aliphatic carboxylic acids is 1. The summed E-state index contributed by atoms with van der Waals surface area (Å²) in [5, 5.41) is 11.8. The van der Waals surface area contributed by atoms with E-state index in [4.69, 9.17) is 19.3 Å². The van der Waals surface area contributed by atoms with Gasteiger partial charge < -0.3 is 19.3 Å². The Balaban J connectivity index is 3.08. The van der Waals surface area contributed by atoms with Crippen LogP contribution in [0, 0.1) is 0 Å². The van der Waals surface area contributed by atoms with Crippen LogP contribution in [0.3, 0.4) is 0 Å². The summed E-state index contributed by atoms with van der Waals surface area (Å²) in [5.41, 5.74) is 0.971. The first-order valence-electron chi connectivity index (χ1n) is 8.19. The van der Waals surface area contributed by atoms with Crippen LogP contribution >= 0.6 is 0 Å². The van der Waals surface area contributed by atoms with Crippen LogP contribution in [0.25, 0.3) is 6.08 Å². The lowest BCUT2D eigenvalue weighted by Gasteiger charge is -2.17. The number of carboxylic acids is 1. The van der Waals surface area contributed by atoms with E-state index in [9.17, 15) is 9.59 Å². The van der Waals surface area contributed by atoms with Crippen molar-refractivity contribution in [2.45, 2.75) is 32.6 Å². The molecule has 0 spiro atoms. The van der Waals surface area contributed by atoms with E-state index in [1.54, 1.807) is 12.1 Å². The number of carboxylic acid groups (broad SMARTS) is 1. The van der Waals surface area contributed by atoms with Gasteiger partial charge in [0.25, 0.3) is 0 Å². The lowest BCUT2D eigenvalue weighted by molar-refractivity contribution is -0.132. The van der Waals surface area contributed by atoms with E-state index in [-0.39, 0.29) is 5.57 Å². The van der Waals surface area contributed by atoms with E-state index in [0.717, 1.165) is 6.04 Å². The van der Waals surface area contributed by atoms with Gasteiger partial charge in [0.1, 0.15) is 0 Å². The number of methoxy groups -OCH3 is 2. The molecule has 0 saturated carbocycles. The summed E-state index contributed by atoms with van der Waals surface area (Å²) in [6, 6.07) is 4.03. The lowest BCUT2D eigenvalue weighted by atomic mass is 10.1. The molecule has 2 N–H and O–H groups in total. The van der Waals surface area contributed by atoms with Crippen molar-refractivity contribution in [1.82, 2.24) is 0 Å². The number of hydrogen-bond donors (Lipinski definition) is 2. The molecule has 0 bridgehead atoms. The Morgan fingerprint density at radius 1 is 1.15 bits per heavy atom. The standard InChI is InChI=1S/C18H27NO6Si/c1-12(17(20)21)9-13-10-15(23-2)16(24-3)11-14(13)19-18(22)25-7-8-26(4,5)6/h9-11H,7-8H2,1-6H3,(H,19,22)(H,20,21). The zero-order valence-electron chi connectivity index (χ0n) is 16.1. The molecule has 1 rings (SSSR count). The minimum Gasteiger partial charge on any atom is -0.493 e. The van der Waals surface area contributed by atoms with E-state index < -0.39 is 20.1 Å². The number of carbonyl (C=O) groups excluding carboxylic acids is 1. The second-order valence-electron chi connectivity index (χ2n) is 7.00. The molecular formula is C18H27NO6Si. The summed E-state index contributed by atoms with van der Waals surface area (Å²) in [5.74, 6) is -0.215. The molecular weight excluding hydrogens is 354 g/mol. The molecule has 0 aromatic heterocycles. The molecule has 7 nitrogen and oxygen atoms in total. The largest absolute Gasteiger partial charge is 0.493 e. The monoisotopic (exact) mass is 381 g/mol. The Bertz CT molecular complexity index is 694. The van der Waals surface area contributed by atoms with Crippen LogP contribution in [0.5, 0.6) is 11.5 Å². The maximum absolute atomic E-state index is 12.1. The average Bonchev–Trinajstić information content (AvgIpc) is 2.54. The highest BCUT2D eigenvalue weighted by Crippen LogP contribution is 2.34. The molecule has 0 aliphatic carbocycles. The van der Waals surface area contributed by atoms with Gasteiger partial charge in [0.05, 0.1) is 26.5 Å². The van der Waals surface area contributed by atoms with Gasteiger partial charge in [0.2, 0.25) is 0 Å². The van der Waals surface area contributed by atoms with Gasteiger partial charge in [-0.15, -0.1) is 0 Å². The number of benzene rings is 1. The fourth-order valence-electron chi connectivity index (χ4n) is 2.01. The van der Waals surface area contributed by atoms with Gasteiger partial charge in [-0.2, -0.15) is 0 Å². The molecule has 0 aliphatic rings. The summed E-state index contributed by atoms with van der Waals surface area (Å²) < 4.78 is 15.7. The zero-order chi connectivity index (χ0) is 19.9. The van der Waals surface area contributed by atoms with Crippen LogP contribution in [-0.2, 0) is 9.53 Å². The van der Waals surface area contributed by atoms with E-state index in [0.29, 0.717) is 29.4 Å². The molecule has 144 valence electrons. The first-order valence-corrected chi connectivity index (χ1v) is 11.9. The van der Waals surface area contributed by atoms with Crippen LogP contribution in [0.15, 0.2) is 17.7 Å². The molecule has 0 saturated heterocycles. The first kappa shape index (κ1) is 21.6. The number of hydrogen-bond acceptors (Lipinski definition) is 5. The Morgan fingerprint density at radius 2 is 1.73 bits per heavy atom. The third kappa shape index (κ3) is 6.79. The SMILES string of the molecule is COc1cc(C=C(C)C(=O)O)c(NC(=O)OCC[Si](C)(C)C)cc1OC. The van der Waals surface area contributed by atoms with Gasteiger partial charge in [-0.3, -0.25) is 5.32 Å². The number of ether oxygens (including phenoxy) is 3. The van der Waals surface area contributed by atoms with Gasteiger partial charge in [-0.25, -0.2) is 9.59 Å². The van der Waals surface area contributed by atoms with Crippen LogP contribution in [0.4, 0.5) is 10.5 Å². The summed E-state index contributed by atoms with van der Waals surface area (Å²) in [6.45, 7) is 8.39. The van der Waals surface area contributed by atoms with Crippen LogP contribution in [0.2, 0.25) is 25.7 Å². The normalized spacial score (nSPS) is 11.7. The van der Waals surface area contributed by atoms with Gasteiger partial charge in [0.15, 0.2) is 11.5 Å². The van der Waals surface area contributed by atoms with Gasteiger partial charge >= 0.3 is 12.1 Å². The number of nitrogens with one attached hydrogen (secondary N) is 1. The number of anilines is 1. The fraction of sp³-hybridized carbons (Fsp3) is 0.444. The van der Waals surface area contributed by atoms with Crippen molar-refractivity contribution in [2.75, 3.05) is 26.1 Å². The van der Waals surface area contributed by atoms with E-state index >= 15 is 0 Å². The molecule has 0 heterocycles. The Labute approximate surface area is 155 Å². The van der Waals surface area contributed by atoms with Crippen molar-refractivity contribution in [3.05, 3.63) is 23.3 Å². The molecule has 0 aliphatic heterocycles. The van der Waals surface area contributed by atoms with Crippen molar-refractivity contribution < 1.29 is 28.9 Å². The predicted molar refractivity (Wildman–Crippen MR) is 104 cm³/mol. The van der Waals surface area contributed by atoms with Crippen molar-refractivity contribution in [3.63, 3.8) is 0 Å². The molecule has 1 aromatic rings. The topological polar surface area (TPSA) is 94.1 Å². The second kappa shape index (κ2) is 9.28. The first-order chi connectivity index (χ1) is 12.1. The third-order valence-electron chi connectivity index (χ3n) is 3.59. The summed E-state index contributed by atoms with van der Waals surface area (Å²) in [7, 11) is 1.65. The summed E-state index contributed by atoms with van der Waals surface area (Å²) in [6.07, 6.45) is 0.847. The fourth-order valence-corrected chi connectivity index (χ4v) is 2.73. The Morgan fingerprint density at radius 3 is 2.23 bits per heavy atom. The maximum atomic E-state index is 12.1. The van der Waals surface area contributed by atoms with E-state index in [1.165, 1.54) is 27.2 Å². The van der Waals surface area contributed by atoms with Gasteiger partial charge in [-0.05, 0) is 25.1 Å². The molecule has 0 radical (unpaired) electrons. The summed E-state index contributed by atoms with van der Waals surface area (Å²) in [4.78, 5) is 23.2. The highest BCUT2D eigenvalue weighted by atomic mass is 28.3. The Kier molecular flexibility index (Phi) is 7.69. The molecule has 8 heteroatoms. The smallest absolute Gasteiger partial charge is 0.411 e. The number of rotatable bonds is 8. The highest BCUT2D eigenvalue weighted by molar-refractivity contribution is 6.76. The minimum atomic E-state index is -1.30. The quantitative estimate of drug-likeness (QED) is 0.520. The van der Waals surface area contributed by atoms with Gasteiger partial charge in [-0.1, -0.05) is 19.6 Å². The second-order valence-corrected chi connectivity index (χ2v) is 12.6. The summed E-state index contributed by atoms with van der Waals surface area (Å²) >= 11 is 0. The molecule has 0 unspecified atom stereocenters. The predicted octanol–water partition coefficient (Wildman–Crippen LogP) is 4.08. The van der Waals surface area contributed by atoms with E-state index in [1.807, 2.05) is 0 Å². The number of carbonyl (C=O) groups is 2. The molecule has 1 aromatic carbocycles. The van der Waals surface area contributed by atoms with Crippen LogP contribution in [0.1, 0.15) is 12.5 Å². The molecule has 26 heavy (non-hydrogen) atoms. The van der Waals surface area contributed by atoms with Crippen molar-refractivity contribution >= 4 is 31.9 Å². The van der Waals surface area contributed by atoms with Gasteiger partial charge in [0, 0.05) is 25.3 Å². The van der Waals surface area contributed by atoms with E-state index in [2.05, 4.69) is 25.0 Å². The average molecular weight is 382 g/mol. The highest BCUT2D eigenvalue weighted by Gasteiger charge is 2.16. The van der Waals surface area contributed by atoms with Crippen molar-refractivity contribution in [2.24, 2.45) is 0 Å². The molecule has 0 atom stereocenters. The lowest BCUT2D eigenvalue weighted by Crippen LogP contribution is -2.24. The third-order valence-corrected chi connectivity index (χ3v) is 5.29. The maximum Gasteiger partial charge on any atom is 0.411 e. The van der Waals surface area contributed by atoms with Crippen molar-refractivity contribution in [3.8, 4) is 11.5 Å². The molecule has 1 amide bonds. The van der Waals surface area contributed by atoms with Crippen molar-refractivity contribution in [1.29, 1.82) is 0 Å². The minimum absolute atomic E-state index is 0.118. The molecule has 0 fully saturated rings. The number of amides is 1. The zero-order valence-corrected chi connectivity index (χ0v) is 17.1. The van der Waals surface area contributed by atoms with Crippen LogP contribution in [-0.4, -0.2) is 46.1 Å².